The van der Waals surface area contributed by atoms with Crippen LogP contribution in [-0.4, -0.2) is 50.0 Å². The Morgan fingerprint density at radius 2 is 2.00 bits per heavy atom. The summed E-state index contributed by atoms with van der Waals surface area (Å²) >= 11 is 12.4. The lowest BCUT2D eigenvalue weighted by atomic mass is 10.0. The van der Waals surface area contributed by atoms with Crippen LogP contribution in [0, 0.1) is 0 Å². The standard InChI is InChI=1S/C23H27Cl2N3O2/c24-19-4-3-5-21(23(19)25)28-13-11-27(12-14-28)10-1-2-15-30-18-8-6-17-7-9-22(29)26-20(17)16-18/h3-6,8,16H,1-2,7,9-15H2,(H,26,29)/i1D2,2D2,7D2,8D,9D2,10D2,15D2,16D. The van der Waals surface area contributed by atoms with Crippen LogP contribution < -0.4 is 15.0 Å². The van der Waals surface area contributed by atoms with Crippen LogP contribution in [-0.2, 0) is 11.2 Å². The maximum atomic E-state index is 12.3. The first-order chi connectivity index (χ1) is 19.9. The first-order valence-electron chi connectivity index (χ1n) is 16.0. The minimum Gasteiger partial charge on any atom is -0.494 e. The number of rotatable bonds is 7. The van der Waals surface area contributed by atoms with E-state index in [1.54, 1.807) is 23.1 Å². The molecule has 0 spiro atoms. The summed E-state index contributed by atoms with van der Waals surface area (Å²) in [6, 6.07) is 3.84. The lowest BCUT2D eigenvalue weighted by Crippen LogP contribution is -2.46. The molecule has 2 aromatic carbocycles. The molecule has 1 N–H and O–H groups in total. The lowest BCUT2D eigenvalue weighted by molar-refractivity contribution is -0.116. The zero-order valence-electron chi connectivity index (χ0n) is 29.6. The molecular formula is C23H27Cl2N3O2. The molecule has 0 unspecified atom stereocenters. The maximum Gasteiger partial charge on any atom is 0.224 e. The van der Waals surface area contributed by atoms with Crippen LogP contribution in [0.15, 0.2) is 36.4 Å². The SMILES string of the molecule is [2H]c1cc2c(c([2H])c1OC([2H])([2H])C([2H])([2H])C([2H])([2H])C([2H])([2H])N1CCN(c3cccc(Cl)c3Cl)CC1)NC(=O)C([2H])([2H])C2([2H])[2H]. The van der Waals surface area contributed by atoms with Crippen molar-refractivity contribution in [2.75, 3.05) is 49.5 Å². The molecule has 2 aliphatic rings. The molecule has 2 heterocycles. The molecule has 1 amide bonds. The highest BCUT2D eigenvalue weighted by Crippen LogP contribution is 2.33. The van der Waals surface area contributed by atoms with Crippen molar-refractivity contribution in [3.63, 3.8) is 0 Å². The number of hydrogen-bond acceptors (Lipinski definition) is 4. The van der Waals surface area contributed by atoms with Crippen molar-refractivity contribution in [3.05, 3.63) is 52.0 Å². The minimum atomic E-state index is -3.78. The minimum absolute atomic E-state index is 0.108. The van der Waals surface area contributed by atoms with Crippen LogP contribution >= 0.6 is 23.2 Å². The van der Waals surface area contributed by atoms with Gasteiger partial charge in [-0.1, -0.05) is 35.3 Å². The number of nitrogens with one attached hydrogen (secondary N) is 1. The summed E-state index contributed by atoms with van der Waals surface area (Å²) < 4.78 is 121. The van der Waals surface area contributed by atoms with Gasteiger partial charge in [-0.2, -0.15) is 0 Å². The predicted octanol–water partition coefficient (Wildman–Crippen LogP) is 4.86. The molecule has 1 saturated heterocycles. The van der Waals surface area contributed by atoms with Crippen molar-refractivity contribution < 1.29 is 28.7 Å². The van der Waals surface area contributed by atoms with Crippen molar-refractivity contribution in [2.24, 2.45) is 0 Å². The lowest BCUT2D eigenvalue weighted by Gasteiger charge is -2.36. The number of benzene rings is 2. The smallest absolute Gasteiger partial charge is 0.224 e. The number of halogens is 2. The summed E-state index contributed by atoms with van der Waals surface area (Å²) in [6.07, 6.45) is -13.5. The van der Waals surface area contributed by atoms with E-state index < -0.39 is 73.5 Å². The quantitative estimate of drug-likeness (QED) is 0.639. The van der Waals surface area contributed by atoms with Gasteiger partial charge < -0.3 is 15.0 Å². The third-order valence-corrected chi connectivity index (χ3v) is 5.25. The molecule has 30 heavy (non-hydrogen) atoms. The fraction of sp³-hybridized carbons (Fsp3) is 0.435. The summed E-state index contributed by atoms with van der Waals surface area (Å²) in [7, 11) is 0. The number of aryl methyl sites for hydroxylation is 1. The van der Waals surface area contributed by atoms with Crippen LogP contribution in [0.5, 0.6) is 5.75 Å². The van der Waals surface area contributed by atoms with Crippen molar-refractivity contribution >= 4 is 40.5 Å². The highest BCUT2D eigenvalue weighted by atomic mass is 35.5. The molecule has 0 aliphatic carbocycles. The molecule has 0 atom stereocenters. The molecule has 0 radical (unpaired) electrons. The van der Waals surface area contributed by atoms with Gasteiger partial charge in [-0.25, -0.2) is 0 Å². The van der Waals surface area contributed by atoms with E-state index in [1.165, 1.54) is 0 Å². The van der Waals surface area contributed by atoms with Crippen molar-refractivity contribution in [3.8, 4) is 5.75 Å². The second-order valence-electron chi connectivity index (χ2n) is 6.35. The number of ether oxygens (including phenoxy) is 1. The molecule has 2 aliphatic heterocycles. The number of piperazine rings is 1. The molecular weight excluding hydrogens is 421 g/mol. The van der Waals surface area contributed by atoms with Gasteiger partial charge in [0.15, 0.2) is 0 Å². The Morgan fingerprint density at radius 3 is 2.83 bits per heavy atom. The van der Waals surface area contributed by atoms with Gasteiger partial charge in [0, 0.05) is 58.0 Å². The summed E-state index contributed by atoms with van der Waals surface area (Å²) in [6.45, 7) is -6.76. The van der Waals surface area contributed by atoms with Gasteiger partial charge in [0.05, 0.1) is 27.8 Å². The van der Waals surface area contributed by atoms with E-state index in [0.29, 0.717) is 16.8 Å². The number of amides is 1. The van der Waals surface area contributed by atoms with Crippen molar-refractivity contribution in [1.29, 1.82) is 0 Å². The third-order valence-electron chi connectivity index (χ3n) is 4.44. The zero-order chi connectivity index (χ0) is 33.4. The van der Waals surface area contributed by atoms with Crippen molar-refractivity contribution in [1.82, 2.24) is 4.90 Å². The average molecular weight is 462 g/mol. The summed E-state index contributed by atoms with van der Waals surface area (Å²) in [4.78, 5) is 15.1. The second-order valence-corrected chi connectivity index (χ2v) is 7.13. The van der Waals surface area contributed by atoms with E-state index in [9.17, 15) is 4.79 Å². The molecule has 7 heteroatoms. The molecule has 0 saturated carbocycles. The van der Waals surface area contributed by atoms with E-state index in [-0.39, 0.29) is 31.2 Å². The molecule has 160 valence electrons. The second kappa shape index (κ2) is 9.90. The topological polar surface area (TPSA) is 44.8 Å². The Balaban J connectivity index is 1.61. The van der Waals surface area contributed by atoms with Gasteiger partial charge in [-0.05, 0) is 49.4 Å². The zero-order valence-corrected chi connectivity index (χ0v) is 17.1. The molecule has 0 bridgehead atoms. The van der Waals surface area contributed by atoms with E-state index >= 15 is 0 Å². The molecule has 0 aromatic heterocycles. The van der Waals surface area contributed by atoms with E-state index in [0.717, 1.165) is 4.90 Å². The highest BCUT2D eigenvalue weighted by Gasteiger charge is 2.19. The Hall–Kier alpha value is -1.95. The Morgan fingerprint density at radius 1 is 1.17 bits per heavy atom. The van der Waals surface area contributed by atoms with Crippen LogP contribution in [0.1, 0.15) is 43.9 Å². The van der Waals surface area contributed by atoms with Crippen LogP contribution in [0.4, 0.5) is 11.4 Å². The number of fused-ring (bicyclic) bond motifs is 1. The number of anilines is 2. The Kier molecular flexibility index (Phi) is 3.34. The molecule has 4 rings (SSSR count). The fourth-order valence-corrected chi connectivity index (χ4v) is 3.37. The van der Waals surface area contributed by atoms with Gasteiger partial charge in [0.1, 0.15) is 5.75 Å². The monoisotopic (exact) mass is 461 g/mol. The van der Waals surface area contributed by atoms with Gasteiger partial charge in [0.25, 0.3) is 0 Å². The van der Waals surface area contributed by atoms with Gasteiger partial charge in [-0.15, -0.1) is 0 Å². The van der Waals surface area contributed by atoms with Crippen LogP contribution in [0.3, 0.4) is 0 Å². The highest BCUT2D eigenvalue weighted by molar-refractivity contribution is 6.43. The van der Waals surface area contributed by atoms with Crippen LogP contribution in [0.25, 0.3) is 0 Å². The fourth-order valence-electron chi connectivity index (χ4n) is 2.95. The van der Waals surface area contributed by atoms with Gasteiger partial charge in [-0.3, -0.25) is 9.69 Å². The Labute approximate surface area is 207 Å². The summed E-state index contributed by atoms with van der Waals surface area (Å²) in [5.41, 5.74) is -0.656. The number of nitrogens with zero attached hydrogens (tertiary/aromatic N) is 2. The largest absolute Gasteiger partial charge is 0.494 e. The number of hydrogen-bond donors (Lipinski definition) is 1. The molecule has 5 nitrogen and oxygen atoms in total. The first kappa shape index (κ1) is 10.1. The normalized spacial score (nSPS) is 29.0. The number of carbonyl (C=O) groups is 1. The summed E-state index contributed by atoms with van der Waals surface area (Å²) in [5.74, 6) is -2.45. The molecule has 1 fully saturated rings. The average Bonchev–Trinajstić information content (AvgIpc) is 2.92. The molecule has 2 aromatic rings. The summed E-state index contributed by atoms with van der Waals surface area (Å²) in [5, 5.41) is 2.59. The Bertz CT molecular complexity index is 1480. The maximum absolute atomic E-state index is 12.3. The number of carbonyl (C=O) groups excluding carboxylic acids is 1. The van der Waals surface area contributed by atoms with E-state index in [4.69, 9.17) is 47.1 Å². The predicted molar refractivity (Wildman–Crippen MR) is 123 cm³/mol. The van der Waals surface area contributed by atoms with Crippen molar-refractivity contribution in [2.45, 2.75) is 25.5 Å². The van der Waals surface area contributed by atoms with Gasteiger partial charge >= 0.3 is 0 Å². The van der Waals surface area contributed by atoms with Gasteiger partial charge in [0.2, 0.25) is 5.91 Å². The third kappa shape index (κ3) is 5.20. The van der Waals surface area contributed by atoms with E-state index in [1.807, 2.05) is 5.32 Å². The van der Waals surface area contributed by atoms with E-state index in [2.05, 4.69) is 0 Å². The van der Waals surface area contributed by atoms with Crippen LogP contribution in [0.2, 0.25) is 10.0 Å². The first-order valence-corrected chi connectivity index (χ1v) is 9.78.